The molecule has 1 aromatic carbocycles. The monoisotopic (exact) mass is 446 g/mol. The Balaban J connectivity index is 1.57. The molecule has 0 spiro atoms. The van der Waals surface area contributed by atoms with Crippen LogP contribution in [0.1, 0.15) is 10.4 Å². The van der Waals surface area contributed by atoms with Gasteiger partial charge in [0.05, 0.1) is 10.5 Å². The fourth-order valence-electron chi connectivity index (χ4n) is 2.28. The molecule has 0 saturated heterocycles. The Labute approximate surface area is 177 Å². The summed E-state index contributed by atoms with van der Waals surface area (Å²) in [5.74, 6) is -1.21. The Morgan fingerprint density at radius 2 is 1.70 bits per heavy atom. The number of ether oxygens (including phenoxy) is 1. The lowest BCUT2D eigenvalue weighted by molar-refractivity contribution is -0.119. The van der Waals surface area contributed by atoms with Gasteiger partial charge in [-0.15, -0.1) is 0 Å². The lowest BCUT2D eigenvalue weighted by Gasteiger charge is -2.09. The van der Waals surface area contributed by atoms with E-state index in [4.69, 9.17) is 16.3 Å². The van der Waals surface area contributed by atoms with Crippen molar-refractivity contribution >= 4 is 45.0 Å². The number of hydrogen-bond acceptors (Lipinski definition) is 7. The summed E-state index contributed by atoms with van der Waals surface area (Å²) in [5, 5.41) is 2.47. The Bertz CT molecular complexity index is 1160. The molecule has 30 heavy (non-hydrogen) atoms. The Morgan fingerprint density at radius 1 is 0.967 bits per heavy atom. The topological polar surface area (TPSA) is 127 Å². The van der Waals surface area contributed by atoms with E-state index in [2.05, 4.69) is 20.0 Å². The first-order chi connectivity index (χ1) is 14.3. The number of rotatable bonds is 7. The standard InChI is InChI=1S/C19H15ClN4O5S/c20-18-15(4-3-11-22-18)19(26)29-12-17(25)23-13-6-8-14(9-7-13)30(27,28)24-16-5-1-2-10-21-16/h1-11H,12H2,(H,21,24)(H,23,25). The van der Waals surface area contributed by atoms with Crippen LogP contribution in [-0.4, -0.2) is 36.9 Å². The largest absolute Gasteiger partial charge is 0.452 e. The third-order valence-corrected chi connectivity index (χ3v) is 5.34. The van der Waals surface area contributed by atoms with Crippen LogP contribution in [0.25, 0.3) is 0 Å². The van der Waals surface area contributed by atoms with Crippen molar-refractivity contribution in [2.24, 2.45) is 0 Å². The first-order valence-corrected chi connectivity index (χ1v) is 10.3. The van der Waals surface area contributed by atoms with Gasteiger partial charge in [-0.05, 0) is 48.5 Å². The van der Waals surface area contributed by atoms with E-state index in [1.165, 1.54) is 54.9 Å². The number of carbonyl (C=O) groups is 2. The highest BCUT2D eigenvalue weighted by Crippen LogP contribution is 2.17. The fourth-order valence-corrected chi connectivity index (χ4v) is 3.49. The van der Waals surface area contributed by atoms with Gasteiger partial charge in [-0.3, -0.25) is 9.52 Å². The molecule has 0 bridgehead atoms. The molecular weight excluding hydrogens is 432 g/mol. The van der Waals surface area contributed by atoms with Crippen molar-refractivity contribution in [1.82, 2.24) is 9.97 Å². The number of anilines is 2. The normalized spacial score (nSPS) is 10.8. The van der Waals surface area contributed by atoms with Gasteiger partial charge in [-0.1, -0.05) is 17.7 Å². The number of esters is 1. The summed E-state index contributed by atoms with van der Waals surface area (Å²) in [6, 6.07) is 13.2. The van der Waals surface area contributed by atoms with Crippen LogP contribution >= 0.6 is 11.6 Å². The van der Waals surface area contributed by atoms with Crippen molar-refractivity contribution in [3.05, 3.63) is 77.7 Å². The van der Waals surface area contributed by atoms with Crippen LogP contribution in [0.15, 0.2) is 71.9 Å². The molecule has 0 atom stereocenters. The van der Waals surface area contributed by atoms with Gasteiger partial charge in [-0.2, -0.15) is 0 Å². The van der Waals surface area contributed by atoms with Gasteiger partial charge >= 0.3 is 5.97 Å². The number of nitrogens with zero attached hydrogens (tertiary/aromatic N) is 2. The predicted molar refractivity (Wildman–Crippen MR) is 110 cm³/mol. The molecule has 2 N–H and O–H groups in total. The number of aromatic nitrogens is 2. The summed E-state index contributed by atoms with van der Waals surface area (Å²) in [5.41, 5.74) is 0.370. The highest BCUT2D eigenvalue weighted by molar-refractivity contribution is 7.92. The Kier molecular flexibility index (Phi) is 6.60. The minimum atomic E-state index is -3.83. The zero-order valence-electron chi connectivity index (χ0n) is 15.3. The summed E-state index contributed by atoms with van der Waals surface area (Å²) in [6.07, 6.45) is 2.88. The molecule has 0 unspecified atom stereocenters. The molecule has 11 heteroatoms. The maximum absolute atomic E-state index is 12.4. The average Bonchev–Trinajstić information content (AvgIpc) is 2.73. The van der Waals surface area contributed by atoms with Gasteiger partial charge in [0.2, 0.25) is 0 Å². The number of hydrogen-bond donors (Lipinski definition) is 2. The number of sulfonamides is 1. The van der Waals surface area contributed by atoms with E-state index >= 15 is 0 Å². The van der Waals surface area contributed by atoms with Crippen molar-refractivity contribution in [3.8, 4) is 0 Å². The number of nitrogens with one attached hydrogen (secondary N) is 2. The van der Waals surface area contributed by atoms with Crippen molar-refractivity contribution < 1.29 is 22.7 Å². The predicted octanol–water partition coefficient (Wildman–Crippen LogP) is 2.73. The molecule has 0 radical (unpaired) electrons. The minimum absolute atomic E-state index is 0.0104. The molecule has 3 aromatic rings. The SMILES string of the molecule is O=C(COC(=O)c1cccnc1Cl)Nc1ccc(S(=O)(=O)Nc2ccccn2)cc1. The molecule has 2 heterocycles. The zero-order valence-corrected chi connectivity index (χ0v) is 16.9. The lowest BCUT2D eigenvalue weighted by atomic mass is 10.3. The number of pyridine rings is 2. The summed E-state index contributed by atoms with van der Waals surface area (Å²) >= 11 is 5.80. The lowest BCUT2D eigenvalue weighted by Crippen LogP contribution is -2.21. The second kappa shape index (κ2) is 9.33. The van der Waals surface area contributed by atoms with E-state index in [1.807, 2.05) is 0 Å². The third kappa shape index (κ3) is 5.52. The fraction of sp³-hybridized carbons (Fsp3) is 0.0526. The molecule has 0 fully saturated rings. The maximum Gasteiger partial charge on any atom is 0.341 e. The van der Waals surface area contributed by atoms with Gasteiger partial charge in [-0.25, -0.2) is 23.2 Å². The number of carbonyl (C=O) groups excluding carboxylic acids is 2. The van der Waals surface area contributed by atoms with Gasteiger partial charge < -0.3 is 10.1 Å². The maximum atomic E-state index is 12.4. The van der Waals surface area contributed by atoms with Crippen LogP contribution in [0.2, 0.25) is 5.15 Å². The van der Waals surface area contributed by atoms with Crippen molar-refractivity contribution in [2.75, 3.05) is 16.6 Å². The molecule has 0 aliphatic carbocycles. The third-order valence-electron chi connectivity index (χ3n) is 3.67. The van der Waals surface area contributed by atoms with Gasteiger partial charge in [0.25, 0.3) is 15.9 Å². The minimum Gasteiger partial charge on any atom is -0.452 e. The summed E-state index contributed by atoms with van der Waals surface area (Å²) in [6.45, 7) is -0.550. The van der Waals surface area contributed by atoms with E-state index < -0.39 is 28.5 Å². The average molecular weight is 447 g/mol. The molecule has 9 nitrogen and oxygen atoms in total. The van der Waals surface area contributed by atoms with Gasteiger partial charge in [0.1, 0.15) is 11.0 Å². The zero-order chi connectivity index (χ0) is 21.6. The molecule has 1 amide bonds. The number of benzene rings is 1. The summed E-state index contributed by atoms with van der Waals surface area (Å²) in [4.78, 5) is 31.6. The first-order valence-electron chi connectivity index (χ1n) is 8.46. The van der Waals surface area contributed by atoms with E-state index in [0.29, 0.717) is 5.69 Å². The molecule has 154 valence electrons. The van der Waals surface area contributed by atoms with Gasteiger partial charge in [0.15, 0.2) is 6.61 Å². The Morgan fingerprint density at radius 3 is 2.37 bits per heavy atom. The Hall–Kier alpha value is -3.50. The molecule has 2 aromatic heterocycles. The molecular formula is C19H15ClN4O5S. The summed E-state index contributed by atoms with van der Waals surface area (Å²) < 4.78 is 32.0. The molecule has 3 rings (SSSR count). The van der Waals surface area contributed by atoms with Crippen molar-refractivity contribution in [1.29, 1.82) is 0 Å². The smallest absolute Gasteiger partial charge is 0.341 e. The van der Waals surface area contributed by atoms with Crippen LogP contribution in [-0.2, 0) is 19.6 Å². The van der Waals surface area contributed by atoms with Crippen LogP contribution in [0.4, 0.5) is 11.5 Å². The molecule has 0 saturated carbocycles. The van der Waals surface area contributed by atoms with Crippen LogP contribution in [0, 0.1) is 0 Å². The van der Waals surface area contributed by atoms with Crippen LogP contribution < -0.4 is 10.0 Å². The van der Waals surface area contributed by atoms with E-state index in [-0.39, 0.29) is 21.4 Å². The summed E-state index contributed by atoms with van der Waals surface area (Å²) in [7, 11) is -3.83. The van der Waals surface area contributed by atoms with Crippen molar-refractivity contribution in [3.63, 3.8) is 0 Å². The highest BCUT2D eigenvalue weighted by atomic mass is 35.5. The second-order valence-electron chi connectivity index (χ2n) is 5.81. The van der Waals surface area contributed by atoms with Crippen LogP contribution in [0.3, 0.4) is 0 Å². The molecule has 0 aliphatic rings. The van der Waals surface area contributed by atoms with Crippen molar-refractivity contribution in [2.45, 2.75) is 4.90 Å². The molecule has 0 aliphatic heterocycles. The van der Waals surface area contributed by atoms with Gasteiger partial charge in [0, 0.05) is 18.1 Å². The van der Waals surface area contributed by atoms with E-state index in [1.54, 1.807) is 12.1 Å². The quantitative estimate of drug-likeness (QED) is 0.422. The number of halogens is 1. The second-order valence-corrected chi connectivity index (χ2v) is 7.85. The van der Waals surface area contributed by atoms with E-state index in [9.17, 15) is 18.0 Å². The van der Waals surface area contributed by atoms with E-state index in [0.717, 1.165) is 0 Å². The highest BCUT2D eigenvalue weighted by Gasteiger charge is 2.16. The first kappa shape index (κ1) is 21.2. The van der Waals surface area contributed by atoms with Crippen LogP contribution in [0.5, 0.6) is 0 Å². The number of amides is 1.